The van der Waals surface area contributed by atoms with Crippen molar-refractivity contribution in [3.05, 3.63) is 36.4 Å². The largest absolute Gasteiger partial charge is 0.491 e. The fraction of sp³-hybridized carbons (Fsp3) is 0.312. The van der Waals surface area contributed by atoms with E-state index in [1.807, 2.05) is 0 Å². The number of aromatic hydroxyl groups is 1. The lowest BCUT2D eigenvalue weighted by atomic mass is 10.1. The first-order chi connectivity index (χ1) is 12.5. The maximum absolute atomic E-state index is 13.9. The molecule has 3 heterocycles. The summed E-state index contributed by atoms with van der Waals surface area (Å²) >= 11 is 0. The first-order valence-electron chi connectivity index (χ1n) is 7.86. The van der Waals surface area contributed by atoms with Crippen molar-refractivity contribution in [1.29, 1.82) is 0 Å². The molecule has 136 valence electrons. The molecule has 26 heavy (non-hydrogen) atoms. The molecule has 4 N–H and O–H groups in total. The standard InChI is InChI=1S/C16H15FN4O5/c17-8-2-1-3-9(4-8)21(16-13(24)12(23)10(5-22)26-16)7-20-11-14(21)18-6-19-15(11)25/h1-4,6-7,10,12-13,16,22-24H,5H2/p+1/t10-,12-,13-,16-,21?/m1/s1. The number of hydrogen-bond donors (Lipinski definition) is 4. The summed E-state index contributed by atoms with van der Waals surface area (Å²) in [6, 6.07) is 5.52. The second kappa shape index (κ2) is 6.04. The lowest BCUT2D eigenvalue weighted by molar-refractivity contribution is -0.0531. The average Bonchev–Trinajstić information content (AvgIpc) is 3.16. The summed E-state index contributed by atoms with van der Waals surface area (Å²) in [4.78, 5) is 12.0. The molecule has 1 fully saturated rings. The highest BCUT2D eigenvalue weighted by Gasteiger charge is 2.59. The topological polar surface area (TPSA) is 128 Å². The highest BCUT2D eigenvalue weighted by Crippen LogP contribution is 2.49. The Morgan fingerprint density at radius 1 is 1.19 bits per heavy atom. The molecule has 0 radical (unpaired) electrons. The van der Waals surface area contributed by atoms with Crippen LogP contribution in [0.1, 0.15) is 0 Å². The fourth-order valence-corrected chi connectivity index (χ4v) is 3.40. The number of rotatable bonds is 3. The number of fused-ring (bicyclic) bond motifs is 1. The van der Waals surface area contributed by atoms with E-state index in [2.05, 4.69) is 15.0 Å². The van der Waals surface area contributed by atoms with Crippen molar-refractivity contribution in [2.45, 2.75) is 24.5 Å². The number of nitrogens with zero attached hydrogens (tertiary/aromatic N) is 4. The second-order valence-corrected chi connectivity index (χ2v) is 6.10. The third-order valence-corrected chi connectivity index (χ3v) is 4.66. The molecular weight excluding hydrogens is 347 g/mol. The zero-order valence-corrected chi connectivity index (χ0v) is 13.3. The van der Waals surface area contributed by atoms with Gasteiger partial charge in [-0.3, -0.25) is 0 Å². The Morgan fingerprint density at radius 3 is 2.69 bits per heavy atom. The van der Waals surface area contributed by atoms with Gasteiger partial charge >= 0.3 is 0 Å². The average molecular weight is 363 g/mol. The highest BCUT2D eigenvalue weighted by atomic mass is 19.1. The van der Waals surface area contributed by atoms with E-state index >= 15 is 0 Å². The van der Waals surface area contributed by atoms with Crippen molar-refractivity contribution in [1.82, 2.24) is 14.5 Å². The summed E-state index contributed by atoms with van der Waals surface area (Å²) in [5.41, 5.74) is 0.356. The number of aliphatic imine (C=N–C) groups is 1. The molecule has 0 aliphatic carbocycles. The van der Waals surface area contributed by atoms with Crippen molar-refractivity contribution in [2.24, 2.45) is 4.99 Å². The molecule has 0 bridgehead atoms. The third-order valence-electron chi connectivity index (χ3n) is 4.66. The van der Waals surface area contributed by atoms with Gasteiger partial charge in [0.05, 0.1) is 6.61 Å². The minimum Gasteiger partial charge on any atom is -0.491 e. The Labute approximate surface area is 146 Å². The van der Waals surface area contributed by atoms with Gasteiger partial charge in [0.1, 0.15) is 30.0 Å². The fourth-order valence-electron chi connectivity index (χ4n) is 3.40. The summed E-state index contributed by atoms with van der Waals surface area (Å²) in [5, 5.41) is 40.1. The molecule has 0 saturated carbocycles. The number of benzene rings is 1. The maximum atomic E-state index is 13.9. The van der Waals surface area contributed by atoms with E-state index in [9.17, 15) is 24.8 Å². The summed E-state index contributed by atoms with van der Waals surface area (Å²) in [5.74, 6) is -0.765. The first kappa shape index (κ1) is 16.9. The molecule has 10 heteroatoms. The summed E-state index contributed by atoms with van der Waals surface area (Å²) in [6.07, 6.45) is -2.56. The molecular formula is C16H16FN4O5+. The Morgan fingerprint density at radius 2 is 2.00 bits per heavy atom. The van der Waals surface area contributed by atoms with Crippen molar-refractivity contribution in [2.75, 3.05) is 6.61 Å². The molecule has 1 saturated heterocycles. The maximum Gasteiger partial charge on any atom is 0.274 e. The second-order valence-electron chi connectivity index (χ2n) is 6.10. The lowest BCUT2D eigenvalue weighted by Crippen LogP contribution is -2.56. The van der Waals surface area contributed by atoms with Crippen LogP contribution in [0.4, 0.5) is 21.6 Å². The molecule has 2 aliphatic heterocycles. The molecule has 9 nitrogen and oxygen atoms in total. The van der Waals surface area contributed by atoms with E-state index in [4.69, 9.17) is 4.74 Å². The van der Waals surface area contributed by atoms with Crippen LogP contribution < -0.4 is 4.48 Å². The normalized spacial score (nSPS) is 32.8. The van der Waals surface area contributed by atoms with Crippen LogP contribution in [-0.2, 0) is 4.74 Å². The predicted molar refractivity (Wildman–Crippen MR) is 87.5 cm³/mol. The first-order valence-corrected chi connectivity index (χ1v) is 7.86. The number of aromatic nitrogens is 2. The van der Waals surface area contributed by atoms with Crippen LogP contribution in [0.15, 0.2) is 35.6 Å². The molecule has 1 aromatic heterocycles. The minimum atomic E-state index is -1.43. The van der Waals surface area contributed by atoms with Crippen LogP contribution in [0.25, 0.3) is 0 Å². The molecule has 4 rings (SSSR count). The molecule has 2 aromatic rings. The quantitative estimate of drug-likeness (QED) is 0.568. The Balaban J connectivity index is 1.94. The number of ether oxygens (including phenoxy) is 1. The van der Waals surface area contributed by atoms with Gasteiger partial charge in [-0.15, -0.1) is 0 Å². The number of aliphatic hydroxyl groups excluding tert-OH is 3. The Hall–Kier alpha value is -2.50. The van der Waals surface area contributed by atoms with Crippen LogP contribution in [0.2, 0.25) is 0 Å². The van der Waals surface area contributed by atoms with Gasteiger partial charge in [-0.05, 0) is 6.07 Å². The van der Waals surface area contributed by atoms with Crippen LogP contribution in [-0.4, -0.2) is 67.9 Å². The smallest absolute Gasteiger partial charge is 0.274 e. The van der Waals surface area contributed by atoms with E-state index < -0.39 is 41.4 Å². The Kier molecular flexibility index (Phi) is 3.93. The zero-order valence-electron chi connectivity index (χ0n) is 13.3. The predicted octanol–water partition coefficient (Wildman–Crippen LogP) is 0.0727. The summed E-state index contributed by atoms with van der Waals surface area (Å²) < 4.78 is 19.1. The molecule has 5 atom stereocenters. The number of aliphatic hydroxyl groups is 3. The van der Waals surface area contributed by atoms with Crippen LogP contribution in [0.5, 0.6) is 5.88 Å². The SMILES string of the molecule is OC[C@H]1O[C@@H]([N+]2(c3cccc(F)c3)C=Nc3c(O)ncnc32)[C@H](O)[C@@H]1O. The highest BCUT2D eigenvalue weighted by molar-refractivity contribution is 5.94. The molecule has 0 spiro atoms. The zero-order chi connectivity index (χ0) is 18.5. The van der Waals surface area contributed by atoms with E-state index in [1.165, 1.54) is 24.5 Å². The van der Waals surface area contributed by atoms with E-state index in [0.717, 1.165) is 6.33 Å². The van der Waals surface area contributed by atoms with Crippen molar-refractivity contribution in [3.63, 3.8) is 0 Å². The number of quaternary nitrogens is 1. The summed E-state index contributed by atoms with van der Waals surface area (Å²) in [6.45, 7) is -0.517. The summed E-state index contributed by atoms with van der Waals surface area (Å²) in [7, 11) is 0. The Bertz CT molecular complexity index is 881. The van der Waals surface area contributed by atoms with Gasteiger partial charge in [-0.1, -0.05) is 6.07 Å². The van der Waals surface area contributed by atoms with Crippen molar-refractivity contribution in [3.8, 4) is 5.88 Å². The van der Waals surface area contributed by atoms with Gasteiger partial charge in [-0.2, -0.15) is 19.4 Å². The van der Waals surface area contributed by atoms with E-state index in [1.54, 1.807) is 6.07 Å². The van der Waals surface area contributed by atoms with Crippen LogP contribution >= 0.6 is 0 Å². The van der Waals surface area contributed by atoms with Gasteiger partial charge in [0.25, 0.3) is 5.82 Å². The van der Waals surface area contributed by atoms with Gasteiger partial charge in [0, 0.05) is 12.1 Å². The molecule has 1 unspecified atom stereocenters. The van der Waals surface area contributed by atoms with E-state index in [-0.39, 0.29) is 17.4 Å². The van der Waals surface area contributed by atoms with Crippen molar-refractivity contribution >= 4 is 23.5 Å². The van der Waals surface area contributed by atoms with Gasteiger partial charge in [-0.25, -0.2) is 4.39 Å². The van der Waals surface area contributed by atoms with Gasteiger partial charge in [0.15, 0.2) is 6.10 Å². The number of hydrogen-bond acceptors (Lipinski definition) is 8. The molecule has 1 aromatic carbocycles. The van der Waals surface area contributed by atoms with Gasteiger partial charge < -0.3 is 25.2 Å². The molecule has 2 aliphatic rings. The van der Waals surface area contributed by atoms with E-state index in [0.29, 0.717) is 5.69 Å². The van der Waals surface area contributed by atoms with Gasteiger partial charge in [0.2, 0.25) is 24.1 Å². The van der Waals surface area contributed by atoms with Crippen LogP contribution in [0, 0.1) is 5.82 Å². The van der Waals surface area contributed by atoms with Crippen LogP contribution in [0.3, 0.4) is 0 Å². The molecule has 0 amide bonds. The minimum absolute atomic E-state index is 0.0505. The monoisotopic (exact) mass is 363 g/mol. The number of halogens is 1. The van der Waals surface area contributed by atoms with Crippen molar-refractivity contribution < 1.29 is 29.6 Å². The third kappa shape index (κ3) is 2.24. The lowest BCUT2D eigenvalue weighted by Gasteiger charge is -2.35.